The quantitative estimate of drug-likeness (QED) is 0.202. The molecule has 2 aliphatic rings. The number of ether oxygens (including phenoxy) is 2. The Labute approximate surface area is 234 Å². The Hall–Kier alpha value is -2.84. The topological polar surface area (TPSA) is 128 Å². The van der Waals surface area contributed by atoms with Crippen LogP contribution in [0.5, 0.6) is 0 Å². The van der Waals surface area contributed by atoms with Crippen molar-refractivity contribution in [3.63, 3.8) is 0 Å². The Morgan fingerprint density at radius 2 is 2.08 bits per heavy atom. The Kier molecular flexibility index (Phi) is 9.58. The van der Waals surface area contributed by atoms with E-state index in [-0.39, 0.29) is 29.2 Å². The van der Waals surface area contributed by atoms with Crippen molar-refractivity contribution >= 4 is 50.9 Å². The van der Waals surface area contributed by atoms with Gasteiger partial charge < -0.3 is 20.1 Å². The summed E-state index contributed by atoms with van der Waals surface area (Å²) in [6.07, 6.45) is 4.20. The van der Waals surface area contributed by atoms with Crippen molar-refractivity contribution in [1.82, 2.24) is 24.8 Å². The zero-order chi connectivity index (χ0) is 27.0. The van der Waals surface area contributed by atoms with Gasteiger partial charge in [-0.05, 0) is 44.0 Å². The minimum absolute atomic E-state index is 0.0619. The van der Waals surface area contributed by atoms with Crippen LogP contribution in [-0.2, 0) is 20.8 Å². The van der Waals surface area contributed by atoms with Crippen molar-refractivity contribution in [3.05, 3.63) is 45.7 Å². The van der Waals surface area contributed by atoms with Crippen LogP contribution in [0.4, 0.5) is 5.13 Å². The van der Waals surface area contributed by atoms with E-state index in [9.17, 15) is 14.4 Å². The highest BCUT2D eigenvalue weighted by atomic mass is 32.2. The van der Waals surface area contributed by atoms with Crippen LogP contribution >= 0.6 is 23.1 Å². The highest BCUT2D eigenvalue weighted by Crippen LogP contribution is 2.22. The highest BCUT2D eigenvalue weighted by Gasteiger charge is 2.21. The fourth-order valence-corrected chi connectivity index (χ4v) is 5.96. The van der Waals surface area contributed by atoms with Crippen LogP contribution < -0.4 is 16.2 Å². The van der Waals surface area contributed by atoms with Crippen LogP contribution in [0.25, 0.3) is 10.9 Å². The molecule has 0 aliphatic carbocycles. The van der Waals surface area contributed by atoms with Crippen LogP contribution in [0.3, 0.4) is 0 Å². The van der Waals surface area contributed by atoms with Gasteiger partial charge in [0.1, 0.15) is 0 Å². The van der Waals surface area contributed by atoms with Gasteiger partial charge in [0.05, 0.1) is 42.5 Å². The van der Waals surface area contributed by atoms with Crippen molar-refractivity contribution in [2.24, 2.45) is 0 Å². The second-order valence-electron chi connectivity index (χ2n) is 9.41. The Balaban J connectivity index is 1.29. The molecular weight excluding hydrogens is 540 g/mol. The third-order valence-electron chi connectivity index (χ3n) is 6.64. The zero-order valence-electron chi connectivity index (χ0n) is 21.6. The van der Waals surface area contributed by atoms with E-state index < -0.39 is 0 Å². The molecule has 4 heterocycles. The summed E-state index contributed by atoms with van der Waals surface area (Å²) >= 11 is 2.52. The van der Waals surface area contributed by atoms with E-state index >= 15 is 0 Å². The molecule has 2 amide bonds. The average molecular weight is 573 g/mol. The number of benzene rings is 1. The summed E-state index contributed by atoms with van der Waals surface area (Å²) in [4.78, 5) is 50.0. The molecule has 5 rings (SSSR count). The molecule has 0 bridgehead atoms. The van der Waals surface area contributed by atoms with Crippen LogP contribution in [-0.4, -0.2) is 89.1 Å². The summed E-state index contributed by atoms with van der Waals surface area (Å²) in [6, 6.07) is 4.96. The third kappa shape index (κ3) is 7.42. The SMILES string of the molecule is O=C(CSc1nc2cc(C(=O)NCCCN3CCOCC3)ccc2c(=O)n1C[C@@H]1CCCO1)Nc1nccs1. The maximum absolute atomic E-state index is 13.5. The number of rotatable bonds is 11. The first-order chi connectivity index (χ1) is 19.1. The van der Waals surface area contributed by atoms with Crippen molar-refractivity contribution in [1.29, 1.82) is 0 Å². The van der Waals surface area contributed by atoms with Crippen LogP contribution in [0.15, 0.2) is 39.7 Å². The molecule has 2 aromatic heterocycles. The normalized spacial score (nSPS) is 17.9. The second kappa shape index (κ2) is 13.5. The number of nitrogens with zero attached hydrogens (tertiary/aromatic N) is 4. The van der Waals surface area contributed by atoms with Gasteiger partial charge in [0, 0.05) is 43.4 Å². The maximum Gasteiger partial charge on any atom is 0.262 e. The van der Waals surface area contributed by atoms with Crippen molar-refractivity contribution < 1.29 is 19.1 Å². The van der Waals surface area contributed by atoms with Gasteiger partial charge in [-0.2, -0.15) is 0 Å². The zero-order valence-corrected chi connectivity index (χ0v) is 23.2. The van der Waals surface area contributed by atoms with E-state index in [4.69, 9.17) is 14.5 Å². The lowest BCUT2D eigenvalue weighted by Gasteiger charge is -2.26. The van der Waals surface area contributed by atoms with E-state index in [1.165, 1.54) is 23.1 Å². The average Bonchev–Trinajstić information content (AvgIpc) is 3.66. The van der Waals surface area contributed by atoms with E-state index in [2.05, 4.69) is 20.5 Å². The molecule has 2 saturated heterocycles. The first-order valence-corrected chi connectivity index (χ1v) is 15.0. The predicted molar refractivity (Wildman–Crippen MR) is 151 cm³/mol. The van der Waals surface area contributed by atoms with Gasteiger partial charge in [-0.1, -0.05) is 11.8 Å². The Morgan fingerprint density at radius 3 is 2.85 bits per heavy atom. The molecule has 2 fully saturated rings. The molecule has 11 nitrogen and oxygen atoms in total. The van der Waals surface area contributed by atoms with Gasteiger partial charge in [0.2, 0.25) is 5.91 Å². The molecule has 13 heteroatoms. The number of carbonyl (C=O) groups is 2. The van der Waals surface area contributed by atoms with Gasteiger partial charge >= 0.3 is 0 Å². The lowest BCUT2D eigenvalue weighted by molar-refractivity contribution is -0.113. The lowest BCUT2D eigenvalue weighted by atomic mass is 10.1. The molecule has 2 N–H and O–H groups in total. The number of hydrogen-bond acceptors (Lipinski definition) is 10. The molecule has 208 valence electrons. The number of nitrogens with one attached hydrogen (secondary N) is 2. The van der Waals surface area contributed by atoms with Gasteiger partial charge in [0.25, 0.3) is 11.5 Å². The molecule has 2 aliphatic heterocycles. The van der Waals surface area contributed by atoms with Crippen LogP contribution in [0, 0.1) is 0 Å². The highest BCUT2D eigenvalue weighted by molar-refractivity contribution is 7.99. The van der Waals surface area contributed by atoms with E-state index in [1.54, 1.807) is 34.3 Å². The number of aromatic nitrogens is 3. The summed E-state index contributed by atoms with van der Waals surface area (Å²) in [5.74, 6) is -0.383. The standard InChI is InChI=1S/C26H32N6O5S2/c33-22(30-25-28-7-14-38-25)17-39-26-29-21-15-18(23(34)27-6-2-8-31-9-12-36-13-10-31)4-5-20(21)24(35)32(26)16-19-3-1-11-37-19/h4-5,7,14-15,19H,1-3,6,8-13,16-17H2,(H,27,34)(H,28,30,33)/t19-/m0/s1. The molecular formula is C26H32N6O5S2. The maximum atomic E-state index is 13.5. The summed E-state index contributed by atoms with van der Waals surface area (Å²) in [6.45, 7) is 5.84. The molecule has 0 radical (unpaired) electrons. The molecule has 39 heavy (non-hydrogen) atoms. The minimum Gasteiger partial charge on any atom is -0.379 e. The summed E-state index contributed by atoms with van der Waals surface area (Å²) in [7, 11) is 0. The number of thiazole rings is 1. The Bertz CT molecular complexity index is 1340. The van der Waals surface area contributed by atoms with Crippen molar-refractivity contribution in [2.45, 2.75) is 37.1 Å². The fourth-order valence-electron chi connectivity index (χ4n) is 4.61. The molecule has 1 aromatic carbocycles. The van der Waals surface area contributed by atoms with Gasteiger partial charge in [-0.15, -0.1) is 11.3 Å². The number of thioether (sulfide) groups is 1. The first-order valence-electron chi connectivity index (χ1n) is 13.1. The monoisotopic (exact) mass is 572 g/mol. The number of anilines is 1. The van der Waals surface area contributed by atoms with Gasteiger partial charge in [-0.3, -0.25) is 23.9 Å². The van der Waals surface area contributed by atoms with Crippen molar-refractivity contribution in [2.75, 3.05) is 57.1 Å². The van der Waals surface area contributed by atoms with Gasteiger partial charge in [-0.25, -0.2) is 9.97 Å². The Morgan fingerprint density at radius 1 is 1.21 bits per heavy atom. The molecule has 0 saturated carbocycles. The number of morpholine rings is 1. The number of carbonyl (C=O) groups excluding carboxylic acids is 2. The summed E-state index contributed by atoms with van der Waals surface area (Å²) < 4.78 is 12.7. The molecule has 1 atom stereocenters. The van der Waals surface area contributed by atoms with Crippen LogP contribution in [0.1, 0.15) is 29.6 Å². The van der Waals surface area contributed by atoms with Gasteiger partial charge in [0.15, 0.2) is 10.3 Å². The van der Waals surface area contributed by atoms with Crippen molar-refractivity contribution in [3.8, 4) is 0 Å². The van der Waals surface area contributed by atoms with E-state index in [0.29, 0.717) is 46.5 Å². The van der Waals surface area contributed by atoms with E-state index in [0.717, 1.165) is 52.1 Å². The summed E-state index contributed by atoms with van der Waals surface area (Å²) in [5, 5.41) is 8.86. The summed E-state index contributed by atoms with van der Waals surface area (Å²) in [5.41, 5.74) is 0.651. The lowest BCUT2D eigenvalue weighted by Crippen LogP contribution is -2.38. The predicted octanol–water partition coefficient (Wildman–Crippen LogP) is 2.21. The number of amides is 2. The largest absolute Gasteiger partial charge is 0.379 e. The fraction of sp³-hybridized carbons (Fsp3) is 0.500. The molecule has 0 spiro atoms. The molecule has 0 unspecified atom stereocenters. The minimum atomic E-state index is -0.238. The second-order valence-corrected chi connectivity index (χ2v) is 11.3. The number of hydrogen-bond donors (Lipinski definition) is 2. The molecule has 3 aromatic rings. The smallest absolute Gasteiger partial charge is 0.262 e. The van der Waals surface area contributed by atoms with Crippen LogP contribution in [0.2, 0.25) is 0 Å². The number of fused-ring (bicyclic) bond motifs is 1. The third-order valence-corrected chi connectivity index (χ3v) is 8.31. The first kappa shape index (κ1) is 27.7. The van der Waals surface area contributed by atoms with E-state index in [1.807, 2.05) is 0 Å².